The maximum absolute atomic E-state index is 9.95. The van der Waals surface area contributed by atoms with Crippen LogP contribution >= 0.6 is 0 Å². The molecule has 7 heteroatoms. The van der Waals surface area contributed by atoms with E-state index in [1.807, 2.05) is 74.4 Å². The molecule has 29 heavy (non-hydrogen) atoms. The van der Waals surface area contributed by atoms with Crippen LogP contribution < -0.4 is 15.4 Å². The van der Waals surface area contributed by atoms with Gasteiger partial charge in [-0.1, -0.05) is 18.2 Å². The molecule has 0 bridgehead atoms. The number of hydrogen-bond acceptors (Lipinski definition) is 7. The van der Waals surface area contributed by atoms with Gasteiger partial charge in [-0.2, -0.15) is 0 Å². The molecule has 0 aliphatic heterocycles. The first-order chi connectivity index (χ1) is 14.0. The molecule has 3 N–H and O–H groups in total. The number of hydrogen-bond donors (Lipinski definition) is 3. The van der Waals surface area contributed by atoms with Gasteiger partial charge in [0.2, 0.25) is 0 Å². The molecule has 1 heterocycles. The molecule has 0 fully saturated rings. The number of benzene rings is 2. The van der Waals surface area contributed by atoms with E-state index in [1.54, 1.807) is 0 Å². The Kier molecular flexibility index (Phi) is 6.99. The van der Waals surface area contributed by atoms with Crippen LogP contribution in [0.1, 0.15) is 5.56 Å². The van der Waals surface area contributed by atoms with Gasteiger partial charge in [-0.25, -0.2) is 9.97 Å². The van der Waals surface area contributed by atoms with Crippen molar-refractivity contribution in [3.05, 3.63) is 66.5 Å². The molecule has 1 atom stereocenters. The zero-order chi connectivity index (χ0) is 20.6. The fraction of sp³-hybridized carbons (Fsp3) is 0.273. The highest BCUT2D eigenvalue weighted by atomic mass is 16.5. The summed E-state index contributed by atoms with van der Waals surface area (Å²) in [6, 6.07) is 17.5. The molecule has 0 saturated carbocycles. The van der Waals surface area contributed by atoms with Gasteiger partial charge in [0.05, 0.1) is 0 Å². The van der Waals surface area contributed by atoms with Crippen LogP contribution in [0.5, 0.6) is 5.75 Å². The Balaban J connectivity index is 1.62. The van der Waals surface area contributed by atoms with Crippen molar-refractivity contribution in [3.8, 4) is 5.75 Å². The van der Waals surface area contributed by atoms with E-state index in [0.29, 0.717) is 23.9 Å². The summed E-state index contributed by atoms with van der Waals surface area (Å²) in [4.78, 5) is 10.5. The third-order valence-corrected chi connectivity index (χ3v) is 4.08. The van der Waals surface area contributed by atoms with Gasteiger partial charge >= 0.3 is 0 Å². The number of ether oxygens (including phenoxy) is 1. The number of aliphatic hydroxyl groups excluding tert-OH is 1. The molecule has 0 amide bonds. The third kappa shape index (κ3) is 6.74. The standard InChI is InChI=1S/C22H27N5O2/c1-16-6-4-7-17(10-16)25-21-12-22(24-15-23-21)26-18-8-5-9-20(11-18)29-14-19(28)13-27(2)3/h4-12,15,19,28H,13-14H2,1-3H3,(H2,23,24,25,26). The van der Waals surface area contributed by atoms with E-state index >= 15 is 0 Å². The van der Waals surface area contributed by atoms with Gasteiger partial charge in [-0.05, 0) is 50.8 Å². The summed E-state index contributed by atoms with van der Waals surface area (Å²) >= 11 is 0. The molecule has 0 aliphatic carbocycles. The molecule has 0 radical (unpaired) electrons. The summed E-state index contributed by atoms with van der Waals surface area (Å²) in [6.45, 7) is 2.84. The van der Waals surface area contributed by atoms with Crippen LogP contribution in [0.3, 0.4) is 0 Å². The molecule has 152 valence electrons. The Bertz CT molecular complexity index is 932. The molecular weight excluding hydrogens is 366 g/mol. The number of aryl methyl sites for hydroxylation is 1. The molecule has 2 aromatic carbocycles. The lowest BCUT2D eigenvalue weighted by atomic mass is 10.2. The van der Waals surface area contributed by atoms with E-state index in [-0.39, 0.29) is 6.61 Å². The molecular formula is C22H27N5O2. The second-order valence-electron chi connectivity index (χ2n) is 7.16. The molecule has 0 spiro atoms. The highest BCUT2D eigenvalue weighted by Crippen LogP contribution is 2.23. The predicted molar refractivity (Wildman–Crippen MR) is 116 cm³/mol. The van der Waals surface area contributed by atoms with Crippen molar-refractivity contribution in [2.24, 2.45) is 0 Å². The zero-order valence-electron chi connectivity index (χ0n) is 17.0. The molecule has 1 unspecified atom stereocenters. The Hall–Kier alpha value is -3.16. The molecule has 0 saturated heterocycles. The van der Waals surface area contributed by atoms with Crippen molar-refractivity contribution in [1.82, 2.24) is 14.9 Å². The average Bonchev–Trinajstić information content (AvgIpc) is 2.66. The minimum Gasteiger partial charge on any atom is -0.491 e. The van der Waals surface area contributed by atoms with Gasteiger partial charge in [0.25, 0.3) is 0 Å². The van der Waals surface area contributed by atoms with Gasteiger partial charge in [0.1, 0.15) is 36.4 Å². The van der Waals surface area contributed by atoms with Crippen molar-refractivity contribution in [3.63, 3.8) is 0 Å². The number of nitrogens with zero attached hydrogens (tertiary/aromatic N) is 3. The van der Waals surface area contributed by atoms with Crippen molar-refractivity contribution in [2.45, 2.75) is 13.0 Å². The summed E-state index contributed by atoms with van der Waals surface area (Å²) in [5, 5.41) is 16.5. The summed E-state index contributed by atoms with van der Waals surface area (Å²) in [7, 11) is 3.83. The number of anilines is 4. The van der Waals surface area contributed by atoms with Gasteiger partial charge in [0.15, 0.2) is 0 Å². The molecule has 0 aliphatic rings. The third-order valence-electron chi connectivity index (χ3n) is 4.08. The smallest absolute Gasteiger partial charge is 0.135 e. The lowest BCUT2D eigenvalue weighted by molar-refractivity contribution is 0.0831. The lowest BCUT2D eigenvalue weighted by Crippen LogP contribution is -2.30. The van der Waals surface area contributed by atoms with Crippen LogP contribution in [0.25, 0.3) is 0 Å². The number of aliphatic hydroxyl groups is 1. The van der Waals surface area contributed by atoms with Crippen LogP contribution in [-0.2, 0) is 0 Å². The quantitative estimate of drug-likeness (QED) is 0.513. The van der Waals surface area contributed by atoms with Crippen molar-refractivity contribution >= 4 is 23.0 Å². The van der Waals surface area contributed by atoms with Crippen molar-refractivity contribution in [1.29, 1.82) is 0 Å². The predicted octanol–water partition coefficient (Wildman–Crippen LogP) is 3.57. The second kappa shape index (κ2) is 9.86. The first kappa shape index (κ1) is 20.6. The molecule has 1 aromatic heterocycles. The molecule has 7 nitrogen and oxygen atoms in total. The summed E-state index contributed by atoms with van der Waals surface area (Å²) in [5.74, 6) is 2.05. The SMILES string of the molecule is Cc1cccc(Nc2cc(Nc3cccc(OCC(O)CN(C)C)c3)ncn2)c1. The second-order valence-corrected chi connectivity index (χ2v) is 7.16. The highest BCUT2D eigenvalue weighted by molar-refractivity contribution is 5.63. The van der Waals surface area contributed by atoms with E-state index < -0.39 is 6.10 Å². The summed E-state index contributed by atoms with van der Waals surface area (Å²) in [5.41, 5.74) is 2.99. The molecule has 3 aromatic rings. The highest BCUT2D eigenvalue weighted by Gasteiger charge is 2.07. The number of rotatable bonds is 9. The van der Waals surface area contributed by atoms with Gasteiger partial charge in [-0.3, -0.25) is 0 Å². The van der Waals surface area contributed by atoms with E-state index in [0.717, 1.165) is 11.4 Å². The minimum atomic E-state index is -0.543. The Morgan fingerprint density at radius 2 is 1.62 bits per heavy atom. The summed E-state index contributed by atoms with van der Waals surface area (Å²) < 4.78 is 5.70. The van der Waals surface area contributed by atoms with Crippen LogP contribution in [0.2, 0.25) is 0 Å². The van der Waals surface area contributed by atoms with Gasteiger partial charge in [0, 0.05) is 30.1 Å². The first-order valence-corrected chi connectivity index (χ1v) is 9.46. The van der Waals surface area contributed by atoms with Crippen LogP contribution in [0, 0.1) is 6.92 Å². The maximum Gasteiger partial charge on any atom is 0.135 e. The van der Waals surface area contributed by atoms with Crippen LogP contribution in [-0.4, -0.2) is 53.3 Å². The van der Waals surface area contributed by atoms with E-state index in [1.165, 1.54) is 11.9 Å². The average molecular weight is 393 g/mol. The summed E-state index contributed by atoms with van der Waals surface area (Å²) in [6.07, 6.45) is 0.969. The monoisotopic (exact) mass is 393 g/mol. The molecule has 3 rings (SSSR count). The number of likely N-dealkylation sites (N-methyl/N-ethyl adjacent to an activating group) is 1. The minimum absolute atomic E-state index is 0.236. The number of aromatic nitrogens is 2. The largest absolute Gasteiger partial charge is 0.491 e. The van der Waals surface area contributed by atoms with Crippen LogP contribution in [0.15, 0.2) is 60.9 Å². The maximum atomic E-state index is 9.95. The Morgan fingerprint density at radius 1 is 0.966 bits per heavy atom. The van der Waals surface area contributed by atoms with Crippen LogP contribution in [0.4, 0.5) is 23.0 Å². The van der Waals surface area contributed by atoms with Gasteiger partial charge in [-0.15, -0.1) is 0 Å². The van der Waals surface area contributed by atoms with E-state index in [4.69, 9.17) is 4.74 Å². The van der Waals surface area contributed by atoms with Crippen molar-refractivity contribution < 1.29 is 9.84 Å². The fourth-order valence-corrected chi connectivity index (χ4v) is 2.84. The lowest BCUT2D eigenvalue weighted by Gasteiger charge is -2.17. The Labute approximate surface area is 171 Å². The fourth-order valence-electron chi connectivity index (χ4n) is 2.84. The van der Waals surface area contributed by atoms with Crippen molar-refractivity contribution in [2.75, 3.05) is 37.9 Å². The van der Waals surface area contributed by atoms with E-state index in [9.17, 15) is 5.11 Å². The first-order valence-electron chi connectivity index (χ1n) is 9.46. The van der Waals surface area contributed by atoms with Gasteiger partial charge < -0.3 is 25.4 Å². The normalized spacial score (nSPS) is 11.9. The Morgan fingerprint density at radius 3 is 2.28 bits per heavy atom. The topological polar surface area (TPSA) is 82.5 Å². The van der Waals surface area contributed by atoms with E-state index in [2.05, 4.69) is 26.7 Å². The zero-order valence-corrected chi connectivity index (χ0v) is 17.0. The number of nitrogens with one attached hydrogen (secondary N) is 2.